The van der Waals surface area contributed by atoms with Crippen molar-refractivity contribution < 1.29 is 9.84 Å². The molecule has 36 heavy (non-hydrogen) atoms. The number of rotatable bonds is 9. The summed E-state index contributed by atoms with van der Waals surface area (Å²) in [6.45, 7) is 13.0. The van der Waals surface area contributed by atoms with Crippen LogP contribution in [-0.4, -0.2) is 42.9 Å². The van der Waals surface area contributed by atoms with Gasteiger partial charge < -0.3 is 20.5 Å². The van der Waals surface area contributed by atoms with Crippen LogP contribution in [0.15, 0.2) is 79.9 Å². The summed E-state index contributed by atoms with van der Waals surface area (Å²) in [4.78, 5) is 4.97. The van der Waals surface area contributed by atoms with Crippen LogP contribution in [0.25, 0.3) is 11.8 Å². The third-order valence-corrected chi connectivity index (χ3v) is 7.12. The zero-order chi connectivity index (χ0) is 25.7. The summed E-state index contributed by atoms with van der Waals surface area (Å²) in [6.07, 6.45) is 1.86. The lowest BCUT2D eigenvalue weighted by Gasteiger charge is -2.45. The standard InChI is InChI=1S/C30H34ClN3O2/c1-4-23-19-28(36-18-17-35)13-14-29(23)34-16-15-33(20-30(34)26-9-11-27(31)12-10-26)22(3)25-7-5-24(6-8-25)21(2)32/h4-14,19,22,30,35H,1-2,15-18,20,32H2,3H3/t22-,30+/m1/s1. The Kier molecular flexibility index (Phi) is 8.36. The van der Waals surface area contributed by atoms with Gasteiger partial charge >= 0.3 is 0 Å². The molecule has 3 N–H and O–H groups in total. The van der Waals surface area contributed by atoms with Crippen LogP contribution in [0.3, 0.4) is 0 Å². The van der Waals surface area contributed by atoms with E-state index >= 15 is 0 Å². The van der Waals surface area contributed by atoms with Crippen molar-refractivity contribution in [3.05, 3.63) is 107 Å². The summed E-state index contributed by atoms with van der Waals surface area (Å²) in [5, 5.41) is 9.83. The molecule has 5 nitrogen and oxygen atoms in total. The summed E-state index contributed by atoms with van der Waals surface area (Å²) in [6, 6.07) is 22.9. The van der Waals surface area contributed by atoms with Crippen LogP contribution in [0.5, 0.6) is 5.75 Å². The van der Waals surface area contributed by atoms with E-state index in [1.807, 2.05) is 42.5 Å². The van der Waals surface area contributed by atoms with Crippen molar-refractivity contribution in [2.45, 2.75) is 19.0 Å². The summed E-state index contributed by atoms with van der Waals surface area (Å²) >= 11 is 6.22. The van der Waals surface area contributed by atoms with E-state index in [4.69, 9.17) is 27.2 Å². The van der Waals surface area contributed by atoms with E-state index in [9.17, 15) is 0 Å². The van der Waals surface area contributed by atoms with E-state index in [-0.39, 0.29) is 25.3 Å². The minimum Gasteiger partial charge on any atom is -0.491 e. The number of benzene rings is 3. The van der Waals surface area contributed by atoms with Gasteiger partial charge in [-0.05, 0) is 53.9 Å². The highest BCUT2D eigenvalue weighted by Crippen LogP contribution is 2.37. The maximum atomic E-state index is 9.11. The van der Waals surface area contributed by atoms with Crippen molar-refractivity contribution in [1.29, 1.82) is 0 Å². The van der Waals surface area contributed by atoms with E-state index in [1.54, 1.807) is 0 Å². The number of piperazine rings is 1. The molecule has 1 heterocycles. The number of hydrogen-bond acceptors (Lipinski definition) is 5. The third-order valence-electron chi connectivity index (χ3n) is 6.87. The second-order valence-electron chi connectivity index (χ2n) is 9.08. The maximum Gasteiger partial charge on any atom is 0.120 e. The first-order valence-electron chi connectivity index (χ1n) is 12.2. The Morgan fingerprint density at radius 2 is 1.86 bits per heavy atom. The van der Waals surface area contributed by atoms with Crippen molar-refractivity contribution in [1.82, 2.24) is 4.90 Å². The van der Waals surface area contributed by atoms with Gasteiger partial charge in [0.25, 0.3) is 0 Å². The number of nitrogens with zero attached hydrogens (tertiary/aromatic N) is 2. The second-order valence-corrected chi connectivity index (χ2v) is 9.51. The van der Waals surface area contributed by atoms with Crippen LogP contribution in [0, 0.1) is 0 Å². The summed E-state index contributed by atoms with van der Waals surface area (Å²) in [5.41, 5.74) is 12.0. The highest BCUT2D eigenvalue weighted by Gasteiger charge is 2.32. The highest BCUT2D eigenvalue weighted by molar-refractivity contribution is 6.30. The number of anilines is 1. The molecular formula is C30H34ClN3O2. The molecule has 1 fully saturated rings. The minimum atomic E-state index is -0.0202. The summed E-state index contributed by atoms with van der Waals surface area (Å²) < 4.78 is 5.63. The van der Waals surface area contributed by atoms with Crippen molar-refractivity contribution in [3.8, 4) is 5.75 Å². The zero-order valence-corrected chi connectivity index (χ0v) is 21.5. The molecule has 0 amide bonds. The lowest BCUT2D eigenvalue weighted by atomic mass is 9.97. The fourth-order valence-corrected chi connectivity index (χ4v) is 4.94. The van der Waals surface area contributed by atoms with Crippen LogP contribution < -0.4 is 15.4 Å². The van der Waals surface area contributed by atoms with Gasteiger partial charge in [0.2, 0.25) is 0 Å². The van der Waals surface area contributed by atoms with E-state index in [1.165, 1.54) is 11.1 Å². The molecule has 0 unspecified atom stereocenters. The Hall–Kier alpha value is -3.25. The number of ether oxygens (including phenoxy) is 1. The molecule has 0 bridgehead atoms. The molecule has 188 valence electrons. The van der Waals surface area contributed by atoms with Crippen LogP contribution in [-0.2, 0) is 0 Å². The predicted octanol–water partition coefficient (Wildman–Crippen LogP) is 5.91. The van der Waals surface area contributed by atoms with Crippen molar-refractivity contribution in [2.75, 3.05) is 37.7 Å². The van der Waals surface area contributed by atoms with E-state index < -0.39 is 0 Å². The highest BCUT2D eigenvalue weighted by atomic mass is 35.5. The molecule has 4 rings (SSSR count). The molecule has 1 saturated heterocycles. The molecule has 0 radical (unpaired) electrons. The number of aliphatic hydroxyl groups is 1. The first kappa shape index (κ1) is 25.8. The molecule has 0 spiro atoms. The fourth-order valence-electron chi connectivity index (χ4n) is 4.81. The molecule has 1 aliphatic heterocycles. The lowest BCUT2D eigenvalue weighted by molar-refractivity contribution is 0.171. The normalized spacial score (nSPS) is 17.0. The Morgan fingerprint density at radius 3 is 2.50 bits per heavy atom. The number of hydrogen-bond donors (Lipinski definition) is 2. The molecule has 2 atom stereocenters. The lowest BCUT2D eigenvalue weighted by Crippen LogP contribution is -2.49. The summed E-state index contributed by atoms with van der Waals surface area (Å²) in [7, 11) is 0. The van der Waals surface area contributed by atoms with Gasteiger partial charge in [-0.15, -0.1) is 0 Å². The Bertz CT molecular complexity index is 1190. The molecule has 0 saturated carbocycles. The Balaban J connectivity index is 1.64. The molecule has 1 aliphatic rings. The SMILES string of the molecule is C=Cc1cc(OCCO)ccc1N1CCN([C@H](C)c2ccc(C(=C)N)cc2)C[C@H]1c1ccc(Cl)cc1. The van der Waals surface area contributed by atoms with E-state index in [0.29, 0.717) is 5.70 Å². The first-order valence-corrected chi connectivity index (χ1v) is 12.6. The van der Waals surface area contributed by atoms with E-state index in [2.05, 4.69) is 60.2 Å². The van der Waals surface area contributed by atoms with Gasteiger partial charge in [-0.25, -0.2) is 0 Å². The Morgan fingerprint density at radius 1 is 1.14 bits per heavy atom. The van der Waals surface area contributed by atoms with Crippen molar-refractivity contribution in [2.24, 2.45) is 5.73 Å². The van der Waals surface area contributed by atoms with Gasteiger partial charge in [0.05, 0.1) is 12.6 Å². The molecule has 6 heteroatoms. The van der Waals surface area contributed by atoms with E-state index in [0.717, 1.165) is 47.2 Å². The van der Waals surface area contributed by atoms with Crippen LogP contribution in [0.1, 0.15) is 41.3 Å². The molecular weight excluding hydrogens is 470 g/mol. The van der Waals surface area contributed by atoms with Crippen LogP contribution in [0.2, 0.25) is 5.02 Å². The van der Waals surface area contributed by atoms with Gasteiger partial charge in [0.15, 0.2) is 0 Å². The predicted molar refractivity (Wildman–Crippen MR) is 150 cm³/mol. The monoisotopic (exact) mass is 503 g/mol. The maximum absolute atomic E-state index is 9.11. The quantitative estimate of drug-likeness (QED) is 0.380. The average molecular weight is 504 g/mol. The molecule has 0 aromatic heterocycles. The topological polar surface area (TPSA) is 62.0 Å². The van der Waals surface area contributed by atoms with Crippen LogP contribution >= 0.6 is 11.6 Å². The third kappa shape index (κ3) is 5.76. The Labute approximate surface area is 219 Å². The van der Waals surface area contributed by atoms with Crippen LogP contribution in [0.4, 0.5) is 5.69 Å². The van der Waals surface area contributed by atoms with Gasteiger partial charge in [-0.2, -0.15) is 0 Å². The first-order chi connectivity index (χ1) is 17.4. The van der Waals surface area contributed by atoms with Crippen molar-refractivity contribution in [3.63, 3.8) is 0 Å². The minimum absolute atomic E-state index is 0.0202. The average Bonchev–Trinajstić information content (AvgIpc) is 2.91. The summed E-state index contributed by atoms with van der Waals surface area (Å²) in [5.74, 6) is 0.724. The van der Waals surface area contributed by atoms with Gasteiger partial charge in [0, 0.05) is 47.6 Å². The fraction of sp³-hybridized carbons (Fsp3) is 0.267. The second kappa shape index (κ2) is 11.7. The number of halogens is 1. The largest absolute Gasteiger partial charge is 0.491 e. The van der Waals surface area contributed by atoms with Gasteiger partial charge in [-0.3, -0.25) is 4.90 Å². The molecule has 0 aliphatic carbocycles. The zero-order valence-electron chi connectivity index (χ0n) is 20.7. The smallest absolute Gasteiger partial charge is 0.120 e. The number of aliphatic hydroxyl groups excluding tert-OH is 1. The van der Waals surface area contributed by atoms with Crippen molar-refractivity contribution >= 4 is 29.1 Å². The number of nitrogens with two attached hydrogens (primary N) is 1. The molecule has 3 aromatic rings. The van der Waals surface area contributed by atoms with Gasteiger partial charge in [0.1, 0.15) is 12.4 Å². The van der Waals surface area contributed by atoms with Gasteiger partial charge in [-0.1, -0.05) is 67.2 Å². The molecule has 3 aromatic carbocycles.